The number of fused-ring (bicyclic) bond motifs is 1. The van der Waals surface area contributed by atoms with E-state index in [-0.39, 0.29) is 6.61 Å². The highest BCUT2D eigenvalue weighted by Crippen LogP contribution is 2.40. The Morgan fingerprint density at radius 2 is 1.85 bits per heavy atom. The summed E-state index contributed by atoms with van der Waals surface area (Å²) in [7, 11) is 0. The summed E-state index contributed by atoms with van der Waals surface area (Å²) in [6, 6.07) is 10.8. The number of halogens is 2. The number of hydrogen-bond acceptors (Lipinski definition) is 8. The fraction of sp³-hybridized carbons (Fsp3) is 0.286. The van der Waals surface area contributed by atoms with Crippen LogP contribution in [0.5, 0.6) is 11.5 Å². The van der Waals surface area contributed by atoms with Gasteiger partial charge in [-0.1, -0.05) is 23.7 Å². The Morgan fingerprint density at radius 3 is 2.58 bits per heavy atom. The summed E-state index contributed by atoms with van der Waals surface area (Å²) in [4.78, 5) is 38.5. The van der Waals surface area contributed by atoms with Crippen molar-refractivity contribution in [3.8, 4) is 11.5 Å². The maximum absolute atomic E-state index is 12.6. The highest BCUT2D eigenvalue weighted by atomic mass is 79.9. The zero-order valence-corrected chi connectivity index (χ0v) is 25.0. The summed E-state index contributed by atoms with van der Waals surface area (Å²) >= 11 is 10.7. The Morgan fingerprint density at radius 1 is 1.07 bits per heavy atom. The molecule has 0 fully saturated rings. The third kappa shape index (κ3) is 7.21. The third-order valence-corrected chi connectivity index (χ3v) is 7.89. The van der Waals surface area contributed by atoms with Gasteiger partial charge < -0.3 is 19.5 Å². The maximum Gasteiger partial charge on any atom is 0.341 e. The number of carbonyl (C=O) groups excluding carboxylic acids is 3. The second-order valence-electron chi connectivity index (χ2n) is 8.61. The van der Waals surface area contributed by atoms with Gasteiger partial charge in [-0.2, -0.15) is 5.10 Å². The molecule has 0 unspecified atom stereocenters. The number of esters is 1. The van der Waals surface area contributed by atoms with Crippen LogP contribution in [0.4, 0.5) is 5.00 Å². The molecule has 2 N–H and O–H groups in total. The predicted octanol–water partition coefficient (Wildman–Crippen LogP) is 5.90. The fourth-order valence-corrected chi connectivity index (χ4v) is 6.06. The van der Waals surface area contributed by atoms with Crippen LogP contribution >= 0.6 is 38.9 Å². The molecule has 1 aliphatic carbocycles. The zero-order valence-electron chi connectivity index (χ0n) is 21.8. The average Bonchev–Trinajstić information content (AvgIpc) is 3.50. The lowest BCUT2D eigenvalue weighted by atomic mass is 10.1. The van der Waals surface area contributed by atoms with E-state index >= 15 is 0 Å². The molecule has 9 nitrogen and oxygen atoms in total. The lowest BCUT2D eigenvalue weighted by Gasteiger charge is -2.14. The number of amides is 2. The molecule has 0 saturated carbocycles. The quantitative estimate of drug-likeness (QED) is 0.123. The van der Waals surface area contributed by atoms with Crippen LogP contribution in [0, 0.1) is 0 Å². The van der Waals surface area contributed by atoms with Crippen molar-refractivity contribution < 1.29 is 28.6 Å². The molecule has 0 aliphatic heterocycles. The van der Waals surface area contributed by atoms with Crippen molar-refractivity contribution in [1.82, 2.24) is 5.43 Å². The maximum atomic E-state index is 12.6. The Labute approximate surface area is 249 Å². The highest BCUT2D eigenvalue weighted by Gasteiger charge is 2.29. The molecule has 12 heteroatoms. The number of anilines is 1. The summed E-state index contributed by atoms with van der Waals surface area (Å²) in [5.74, 6) is -1.44. The molecule has 0 radical (unpaired) electrons. The van der Waals surface area contributed by atoms with E-state index in [0.29, 0.717) is 50.3 Å². The molecule has 0 saturated heterocycles. The van der Waals surface area contributed by atoms with Crippen molar-refractivity contribution in [3.63, 3.8) is 0 Å². The Kier molecular flexibility index (Phi) is 10.2. The van der Waals surface area contributed by atoms with Crippen molar-refractivity contribution in [3.05, 3.63) is 73.0 Å². The van der Waals surface area contributed by atoms with Crippen LogP contribution in [0.1, 0.15) is 52.2 Å². The van der Waals surface area contributed by atoms with E-state index in [9.17, 15) is 14.4 Å². The first-order valence-corrected chi connectivity index (χ1v) is 14.6. The van der Waals surface area contributed by atoms with Gasteiger partial charge in [0.1, 0.15) is 11.6 Å². The number of aryl methyl sites for hydroxylation is 1. The van der Waals surface area contributed by atoms with Crippen molar-refractivity contribution in [1.29, 1.82) is 0 Å². The molecule has 0 bridgehead atoms. The molecular weight excluding hydrogens is 622 g/mol. The fourth-order valence-electron chi connectivity index (χ4n) is 4.09. The summed E-state index contributed by atoms with van der Waals surface area (Å²) in [6.45, 7) is 4.49. The molecule has 2 amide bonds. The van der Waals surface area contributed by atoms with Crippen LogP contribution in [0.25, 0.3) is 0 Å². The number of hydrogen-bond donors (Lipinski definition) is 2. The largest absolute Gasteiger partial charge is 0.490 e. The van der Waals surface area contributed by atoms with E-state index in [1.807, 2.05) is 19.1 Å². The monoisotopic (exact) mass is 647 g/mol. The molecule has 1 aliphatic rings. The summed E-state index contributed by atoms with van der Waals surface area (Å²) in [6.07, 6.45) is 3.87. The molecule has 4 rings (SSSR count). The molecular formula is C28H27BrClN3O6S. The van der Waals surface area contributed by atoms with E-state index in [4.69, 9.17) is 25.8 Å². The molecule has 0 atom stereocenters. The smallest absolute Gasteiger partial charge is 0.341 e. The number of thiophene rings is 1. The summed E-state index contributed by atoms with van der Waals surface area (Å²) in [5, 5.41) is 7.41. The zero-order chi connectivity index (χ0) is 28.6. The van der Waals surface area contributed by atoms with Gasteiger partial charge in [0.05, 0.1) is 29.5 Å². The number of nitrogens with one attached hydrogen (secondary N) is 2. The first-order chi connectivity index (χ1) is 19.3. The van der Waals surface area contributed by atoms with Crippen LogP contribution in [-0.4, -0.2) is 37.2 Å². The van der Waals surface area contributed by atoms with E-state index in [2.05, 4.69) is 31.8 Å². The van der Waals surface area contributed by atoms with Crippen molar-refractivity contribution in [2.24, 2.45) is 5.10 Å². The number of nitrogens with zero attached hydrogens (tertiary/aromatic N) is 1. The van der Waals surface area contributed by atoms with Gasteiger partial charge in [-0.15, -0.1) is 11.3 Å². The van der Waals surface area contributed by atoms with Gasteiger partial charge in [-0.3, -0.25) is 9.59 Å². The van der Waals surface area contributed by atoms with Gasteiger partial charge >= 0.3 is 17.8 Å². The van der Waals surface area contributed by atoms with E-state index in [1.165, 1.54) is 17.6 Å². The second-order valence-corrected chi connectivity index (χ2v) is 11.0. The van der Waals surface area contributed by atoms with Crippen molar-refractivity contribution >= 4 is 67.9 Å². The van der Waals surface area contributed by atoms with E-state index < -0.39 is 17.8 Å². The van der Waals surface area contributed by atoms with Crippen molar-refractivity contribution in [2.45, 2.75) is 39.7 Å². The summed E-state index contributed by atoms with van der Waals surface area (Å²) < 4.78 is 17.5. The number of ether oxygens (including phenoxy) is 3. The molecule has 0 spiro atoms. The minimum absolute atomic E-state index is 0.211. The van der Waals surface area contributed by atoms with Gasteiger partial charge in [0.15, 0.2) is 11.5 Å². The Hall–Kier alpha value is -3.41. The van der Waals surface area contributed by atoms with Crippen LogP contribution in [0.2, 0.25) is 5.02 Å². The van der Waals surface area contributed by atoms with Gasteiger partial charge in [0.2, 0.25) is 0 Å². The molecule has 1 heterocycles. The minimum atomic E-state index is -0.980. The topological polar surface area (TPSA) is 115 Å². The number of rotatable bonds is 10. The number of carbonyl (C=O) groups is 3. The molecule has 1 aromatic heterocycles. The highest BCUT2D eigenvalue weighted by molar-refractivity contribution is 9.10. The van der Waals surface area contributed by atoms with Gasteiger partial charge in [-0.05, 0) is 90.0 Å². The van der Waals surface area contributed by atoms with E-state index in [0.717, 1.165) is 35.3 Å². The normalized spacial score (nSPS) is 12.2. The minimum Gasteiger partial charge on any atom is -0.490 e. The van der Waals surface area contributed by atoms with Gasteiger partial charge in [0, 0.05) is 9.90 Å². The van der Waals surface area contributed by atoms with E-state index in [1.54, 1.807) is 31.2 Å². The summed E-state index contributed by atoms with van der Waals surface area (Å²) in [5.41, 5.74) is 4.96. The van der Waals surface area contributed by atoms with Gasteiger partial charge in [-0.25, -0.2) is 10.2 Å². The van der Waals surface area contributed by atoms with Crippen LogP contribution in [0.3, 0.4) is 0 Å². The van der Waals surface area contributed by atoms with Crippen molar-refractivity contribution in [2.75, 3.05) is 18.5 Å². The first kappa shape index (κ1) is 29.6. The molecule has 210 valence electrons. The number of hydrazone groups is 1. The first-order valence-electron chi connectivity index (χ1n) is 12.6. The predicted molar refractivity (Wildman–Crippen MR) is 158 cm³/mol. The lowest BCUT2D eigenvalue weighted by Crippen LogP contribution is -2.32. The molecule has 40 heavy (non-hydrogen) atoms. The molecule has 2 aromatic carbocycles. The SMILES string of the molecule is CCOC(=O)c1c(NC(=O)C(=O)N/N=C/c2cc(Br)c(OCc3ccc(Cl)cc3)c(OCC)c2)sc2c1CCC2. The number of benzene rings is 2. The lowest BCUT2D eigenvalue weighted by molar-refractivity contribution is -0.136. The van der Waals surface area contributed by atoms with Crippen LogP contribution in [0.15, 0.2) is 46.0 Å². The average molecular weight is 649 g/mol. The third-order valence-electron chi connectivity index (χ3n) is 5.84. The molecule has 3 aromatic rings. The van der Waals surface area contributed by atoms with Crippen LogP contribution in [-0.2, 0) is 33.8 Å². The van der Waals surface area contributed by atoms with Gasteiger partial charge in [0.25, 0.3) is 0 Å². The Bertz CT molecular complexity index is 1440. The van der Waals surface area contributed by atoms with Crippen LogP contribution < -0.4 is 20.2 Å². The Balaban J connectivity index is 1.41. The standard InChI is InChI=1S/C28H27BrClN3O6S/c1-3-37-21-13-17(12-20(29)24(21)39-15-16-8-10-18(30)11-9-16)14-31-33-26(35)25(34)32-27-23(28(36)38-4-2)19-6-5-7-22(19)40-27/h8-14H,3-7,15H2,1-2H3,(H,32,34)(H,33,35)/b31-14+. The second kappa shape index (κ2) is 13.8.